The smallest absolute Gasteiger partial charge is 0.291 e. The maximum atomic E-state index is 13.2. The number of furan rings is 1. The summed E-state index contributed by atoms with van der Waals surface area (Å²) in [5.74, 6) is 1.06. The topological polar surface area (TPSA) is 81.5 Å². The molecule has 1 amide bonds. The summed E-state index contributed by atoms with van der Waals surface area (Å²) < 4.78 is 22.1. The minimum atomic E-state index is -0.332. The third kappa shape index (κ3) is 3.85. The van der Waals surface area contributed by atoms with Crippen molar-refractivity contribution in [3.8, 4) is 0 Å². The number of hydrogen-bond acceptors (Lipinski definition) is 4. The average Bonchev–Trinajstić information content (AvgIpc) is 3.25. The first kappa shape index (κ1) is 19.9. The van der Waals surface area contributed by atoms with E-state index in [-0.39, 0.29) is 30.2 Å². The molecule has 0 saturated heterocycles. The number of nitrogens with one attached hydrogen (secondary N) is 1. The number of halogens is 1. The fourth-order valence-electron chi connectivity index (χ4n) is 3.62. The van der Waals surface area contributed by atoms with Gasteiger partial charge in [-0.3, -0.25) is 14.0 Å². The van der Waals surface area contributed by atoms with E-state index < -0.39 is 0 Å². The maximum absolute atomic E-state index is 13.2. The summed E-state index contributed by atoms with van der Waals surface area (Å²) in [6, 6.07) is 9.75. The van der Waals surface area contributed by atoms with Gasteiger partial charge in [-0.25, -0.2) is 9.07 Å². The number of carbonyl (C=O) groups is 1. The fraction of sp³-hybridized carbons (Fsp3) is 0.318. The zero-order valence-corrected chi connectivity index (χ0v) is 16.9. The number of benzene rings is 1. The molecule has 30 heavy (non-hydrogen) atoms. The van der Waals surface area contributed by atoms with Gasteiger partial charge in [0.25, 0.3) is 5.56 Å². The average molecular weight is 410 g/mol. The van der Waals surface area contributed by atoms with Gasteiger partial charge >= 0.3 is 0 Å². The van der Waals surface area contributed by atoms with E-state index in [9.17, 15) is 14.0 Å². The summed E-state index contributed by atoms with van der Waals surface area (Å²) in [4.78, 5) is 25.0. The SMILES string of the molecule is CCc1nn(CCCC(=O)NCc2cccc(F)c2)c(=O)c2cc3oc(C)cc3n12. The number of amides is 1. The van der Waals surface area contributed by atoms with Crippen molar-refractivity contribution in [1.82, 2.24) is 19.5 Å². The lowest BCUT2D eigenvalue weighted by molar-refractivity contribution is -0.121. The molecule has 3 aromatic heterocycles. The molecule has 8 heteroatoms. The zero-order chi connectivity index (χ0) is 21.3. The molecule has 1 N–H and O–H groups in total. The first-order valence-corrected chi connectivity index (χ1v) is 9.99. The van der Waals surface area contributed by atoms with E-state index in [1.807, 2.05) is 24.3 Å². The van der Waals surface area contributed by atoms with Gasteiger partial charge in [-0.15, -0.1) is 0 Å². The van der Waals surface area contributed by atoms with E-state index in [1.54, 1.807) is 18.2 Å². The Morgan fingerprint density at radius 1 is 1.23 bits per heavy atom. The predicted octanol–water partition coefficient (Wildman–Crippen LogP) is 3.35. The Bertz CT molecular complexity index is 1290. The van der Waals surface area contributed by atoms with Gasteiger partial charge < -0.3 is 9.73 Å². The first-order chi connectivity index (χ1) is 14.5. The molecule has 0 fully saturated rings. The van der Waals surface area contributed by atoms with Gasteiger partial charge in [0.2, 0.25) is 5.91 Å². The second-order valence-corrected chi connectivity index (χ2v) is 7.28. The molecule has 3 heterocycles. The summed E-state index contributed by atoms with van der Waals surface area (Å²) >= 11 is 0. The van der Waals surface area contributed by atoms with Gasteiger partial charge in [0.15, 0.2) is 5.58 Å². The number of aromatic nitrogens is 3. The van der Waals surface area contributed by atoms with Gasteiger partial charge in [-0.1, -0.05) is 19.1 Å². The highest BCUT2D eigenvalue weighted by Crippen LogP contribution is 2.23. The standard InChI is InChI=1S/C22H23FN4O3/c1-3-20-25-26(22(29)18-12-19-17(27(18)20)10-14(2)30-19)9-5-8-21(28)24-13-15-6-4-7-16(23)11-15/h4,6-7,10-12H,3,5,8-9,13H2,1-2H3,(H,24,28). The van der Waals surface area contributed by atoms with Crippen LogP contribution in [0.2, 0.25) is 0 Å². The summed E-state index contributed by atoms with van der Waals surface area (Å²) in [6.07, 6.45) is 1.37. The van der Waals surface area contributed by atoms with Crippen LogP contribution in [0.15, 0.2) is 45.6 Å². The number of rotatable bonds is 7. The monoisotopic (exact) mass is 410 g/mol. The van der Waals surface area contributed by atoms with Gasteiger partial charge in [-0.2, -0.15) is 5.10 Å². The van der Waals surface area contributed by atoms with Crippen molar-refractivity contribution in [3.05, 3.63) is 69.7 Å². The highest BCUT2D eigenvalue weighted by Gasteiger charge is 2.16. The fourth-order valence-corrected chi connectivity index (χ4v) is 3.62. The lowest BCUT2D eigenvalue weighted by Crippen LogP contribution is -2.28. The Balaban J connectivity index is 1.44. The third-order valence-corrected chi connectivity index (χ3v) is 5.03. The lowest BCUT2D eigenvalue weighted by atomic mass is 10.2. The number of aryl methyl sites for hydroxylation is 3. The normalized spacial score (nSPS) is 11.4. The van der Waals surface area contributed by atoms with E-state index in [1.165, 1.54) is 16.8 Å². The molecule has 4 aromatic rings. The Morgan fingerprint density at radius 2 is 2.07 bits per heavy atom. The van der Waals surface area contributed by atoms with Crippen molar-refractivity contribution >= 4 is 22.5 Å². The summed E-state index contributed by atoms with van der Waals surface area (Å²) in [5.41, 5.74) is 2.51. The molecule has 0 radical (unpaired) electrons. The van der Waals surface area contributed by atoms with Crippen molar-refractivity contribution in [1.29, 1.82) is 0 Å². The van der Waals surface area contributed by atoms with Crippen LogP contribution in [-0.4, -0.2) is 20.1 Å². The van der Waals surface area contributed by atoms with E-state index >= 15 is 0 Å². The van der Waals surface area contributed by atoms with Crippen molar-refractivity contribution < 1.29 is 13.6 Å². The van der Waals surface area contributed by atoms with Crippen LogP contribution in [0.5, 0.6) is 0 Å². The van der Waals surface area contributed by atoms with E-state index in [2.05, 4.69) is 10.4 Å². The summed E-state index contributed by atoms with van der Waals surface area (Å²) in [6.45, 7) is 4.45. The van der Waals surface area contributed by atoms with Gasteiger partial charge in [0.05, 0.1) is 5.52 Å². The Morgan fingerprint density at radius 3 is 2.83 bits per heavy atom. The predicted molar refractivity (Wildman–Crippen MR) is 111 cm³/mol. The highest BCUT2D eigenvalue weighted by molar-refractivity contribution is 5.83. The second-order valence-electron chi connectivity index (χ2n) is 7.28. The van der Waals surface area contributed by atoms with Crippen molar-refractivity contribution in [2.24, 2.45) is 0 Å². The van der Waals surface area contributed by atoms with Crippen LogP contribution < -0.4 is 10.9 Å². The molecule has 0 aliphatic carbocycles. The molecule has 0 aliphatic rings. The molecule has 0 bridgehead atoms. The minimum absolute atomic E-state index is 0.153. The number of fused-ring (bicyclic) bond motifs is 3. The van der Waals surface area contributed by atoms with Crippen molar-refractivity contribution in [3.63, 3.8) is 0 Å². The Kier molecular flexibility index (Phi) is 5.39. The van der Waals surface area contributed by atoms with Crippen LogP contribution in [0.4, 0.5) is 4.39 Å². The number of nitrogens with zero attached hydrogens (tertiary/aromatic N) is 3. The summed E-state index contributed by atoms with van der Waals surface area (Å²) in [5, 5.41) is 7.27. The van der Waals surface area contributed by atoms with Crippen molar-refractivity contribution in [2.75, 3.05) is 0 Å². The molecule has 156 valence electrons. The minimum Gasteiger partial charge on any atom is -0.460 e. The molecule has 0 saturated carbocycles. The highest BCUT2D eigenvalue weighted by atomic mass is 19.1. The quantitative estimate of drug-likeness (QED) is 0.507. The molecule has 4 rings (SSSR count). The number of carbonyl (C=O) groups excluding carboxylic acids is 1. The molecule has 1 aromatic carbocycles. The van der Waals surface area contributed by atoms with E-state index in [0.717, 1.165) is 17.1 Å². The van der Waals surface area contributed by atoms with Crippen molar-refractivity contribution in [2.45, 2.75) is 46.2 Å². The maximum Gasteiger partial charge on any atom is 0.291 e. The number of hydrogen-bond donors (Lipinski definition) is 1. The zero-order valence-electron chi connectivity index (χ0n) is 16.9. The van der Waals surface area contributed by atoms with Crippen LogP contribution in [0.3, 0.4) is 0 Å². The van der Waals surface area contributed by atoms with Crippen LogP contribution >= 0.6 is 0 Å². The van der Waals surface area contributed by atoms with Crippen LogP contribution in [-0.2, 0) is 24.3 Å². The van der Waals surface area contributed by atoms with Crippen LogP contribution in [0.25, 0.3) is 16.6 Å². The summed E-state index contributed by atoms with van der Waals surface area (Å²) in [7, 11) is 0. The van der Waals surface area contributed by atoms with Crippen LogP contribution in [0, 0.1) is 12.7 Å². The third-order valence-electron chi connectivity index (χ3n) is 5.03. The molecule has 0 unspecified atom stereocenters. The molecular weight excluding hydrogens is 387 g/mol. The van der Waals surface area contributed by atoms with E-state index in [4.69, 9.17) is 4.42 Å². The van der Waals surface area contributed by atoms with Gasteiger partial charge in [0.1, 0.15) is 22.9 Å². The Labute approximate surface area is 172 Å². The Hall–Kier alpha value is -3.42. The van der Waals surface area contributed by atoms with Gasteiger partial charge in [0, 0.05) is 38.1 Å². The molecule has 0 aliphatic heterocycles. The van der Waals surface area contributed by atoms with E-state index in [0.29, 0.717) is 36.0 Å². The van der Waals surface area contributed by atoms with Crippen LogP contribution in [0.1, 0.15) is 36.9 Å². The first-order valence-electron chi connectivity index (χ1n) is 9.99. The lowest BCUT2D eigenvalue weighted by Gasteiger charge is -2.10. The largest absolute Gasteiger partial charge is 0.460 e. The molecular formula is C22H23FN4O3. The van der Waals surface area contributed by atoms with Gasteiger partial charge in [-0.05, 0) is 31.0 Å². The molecule has 0 atom stereocenters. The second kappa shape index (κ2) is 8.14. The molecule has 7 nitrogen and oxygen atoms in total. The molecule has 0 spiro atoms.